The molecule has 0 radical (unpaired) electrons. The van der Waals surface area contributed by atoms with Crippen LogP contribution in [0.1, 0.15) is 24.0 Å². The highest BCUT2D eigenvalue weighted by Crippen LogP contribution is 2.37. The topological polar surface area (TPSA) is 20.2 Å². The van der Waals surface area contributed by atoms with Crippen LogP contribution in [0.15, 0.2) is 60.2 Å². The van der Waals surface area contributed by atoms with E-state index in [4.69, 9.17) is 11.6 Å². The van der Waals surface area contributed by atoms with E-state index >= 15 is 0 Å². The fraction of sp³-hybridized carbons (Fsp3) is 0.176. The maximum atomic E-state index is 9.97. The lowest BCUT2D eigenvalue weighted by atomic mass is 9.80. The Labute approximate surface area is 118 Å². The van der Waals surface area contributed by atoms with E-state index in [1.165, 1.54) is 0 Å². The SMILES string of the molecule is OC1CC/C1=C(/c1ccccc1)c1ccc(Cl)cc1. The van der Waals surface area contributed by atoms with Crippen LogP contribution in [0, 0.1) is 0 Å². The van der Waals surface area contributed by atoms with Gasteiger partial charge in [0.2, 0.25) is 0 Å². The highest BCUT2D eigenvalue weighted by molar-refractivity contribution is 6.30. The van der Waals surface area contributed by atoms with Gasteiger partial charge < -0.3 is 5.11 Å². The molecule has 1 saturated carbocycles. The molecule has 1 N–H and O–H groups in total. The highest BCUT2D eigenvalue weighted by Gasteiger charge is 2.26. The molecule has 1 fully saturated rings. The Morgan fingerprint density at radius 1 is 0.947 bits per heavy atom. The van der Waals surface area contributed by atoms with Gasteiger partial charge in [-0.3, -0.25) is 0 Å². The van der Waals surface area contributed by atoms with Crippen LogP contribution in [0.2, 0.25) is 5.02 Å². The Hall–Kier alpha value is -1.57. The van der Waals surface area contributed by atoms with Gasteiger partial charge in [0.05, 0.1) is 6.10 Å². The van der Waals surface area contributed by atoms with E-state index in [2.05, 4.69) is 12.1 Å². The highest BCUT2D eigenvalue weighted by atomic mass is 35.5. The molecule has 2 aromatic carbocycles. The Balaban J connectivity index is 2.13. The number of hydrogen-bond acceptors (Lipinski definition) is 1. The Morgan fingerprint density at radius 3 is 2.11 bits per heavy atom. The average molecular weight is 271 g/mol. The number of benzene rings is 2. The number of rotatable bonds is 2. The van der Waals surface area contributed by atoms with Crippen LogP contribution in [0.25, 0.3) is 5.57 Å². The molecule has 1 aliphatic rings. The normalized spacial score (nSPS) is 20.8. The number of hydrogen-bond donors (Lipinski definition) is 1. The first kappa shape index (κ1) is 12.5. The van der Waals surface area contributed by atoms with Crippen molar-refractivity contribution in [2.75, 3.05) is 0 Å². The van der Waals surface area contributed by atoms with E-state index in [0.717, 1.165) is 40.1 Å². The summed E-state index contributed by atoms with van der Waals surface area (Å²) >= 11 is 5.95. The first-order valence-corrected chi connectivity index (χ1v) is 6.86. The molecular weight excluding hydrogens is 256 g/mol. The second kappa shape index (κ2) is 5.20. The molecule has 2 heteroatoms. The number of aliphatic hydroxyl groups is 1. The first-order valence-electron chi connectivity index (χ1n) is 6.48. The van der Waals surface area contributed by atoms with Gasteiger partial charge in [-0.25, -0.2) is 0 Å². The Kier molecular flexibility index (Phi) is 3.41. The van der Waals surface area contributed by atoms with E-state index in [9.17, 15) is 5.11 Å². The summed E-state index contributed by atoms with van der Waals surface area (Å²) in [7, 11) is 0. The standard InChI is InChI=1S/C17H15ClO/c18-14-8-6-13(7-9-14)17(15-10-11-16(15)19)12-4-2-1-3-5-12/h1-9,16,19H,10-11H2/b17-15+. The zero-order chi connectivity index (χ0) is 13.2. The van der Waals surface area contributed by atoms with Crippen molar-refractivity contribution in [3.63, 3.8) is 0 Å². The summed E-state index contributed by atoms with van der Waals surface area (Å²) in [6.07, 6.45) is 1.53. The predicted octanol–water partition coefficient (Wildman–Crippen LogP) is 4.30. The summed E-state index contributed by atoms with van der Waals surface area (Å²) in [6, 6.07) is 18.0. The van der Waals surface area contributed by atoms with Crippen LogP contribution >= 0.6 is 11.6 Å². The van der Waals surface area contributed by atoms with Crippen molar-refractivity contribution in [2.45, 2.75) is 18.9 Å². The third kappa shape index (κ3) is 2.44. The molecular formula is C17H15ClO. The molecule has 0 heterocycles. The van der Waals surface area contributed by atoms with E-state index in [0.29, 0.717) is 0 Å². The van der Waals surface area contributed by atoms with Crippen LogP contribution in [0.3, 0.4) is 0 Å². The minimum Gasteiger partial charge on any atom is -0.389 e. The molecule has 1 atom stereocenters. The van der Waals surface area contributed by atoms with Gasteiger partial charge in [0, 0.05) is 5.02 Å². The van der Waals surface area contributed by atoms with E-state index in [1.54, 1.807) is 0 Å². The monoisotopic (exact) mass is 270 g/mol. The fourth-order valence-electron chi connectivity index (χ4n) is 2.47. The van der Waals surface area contributed by atoms with Crippen molar-refractivity contribution in [1.82, 2.24) is 0 Å². The molecule has 0 spiro atoms. The van der Waals surface area contributed by atoms with Crippen LogP contribution in [-0.2, 0) is 0 Å². The molecule has 0 bridgehead atoms. The smallest absolute Gasteiger partial charge is 0.0762 e. The van der Waals surface area contributed by atoms with Gasteiger partial charge in [0.25, 0.3) is 0 Å². The average Bonchev–Trinajstić information content (AvgIpc) is 2.45. The third-order valence-electron chi connectivity index (χ3n) is 3.61. The molecule has 1 unspecified atom stereocenters. The molecule has 0 aliphatic heterocycles. The summed E-state index contributed by atoms with van der Waals surface area (Å²) in [4.78, 5) is 0. The molecule has 1 nitrogen and oxygen atoms in total. The van der Waals surface area contributed by atoms with Crippen molar-refractivity contribution in [1.29, 1.82) is 0 Å². The van der Waals surface area contributed by atoms with Crippen molar-refractivity contribution in [3.05, 3.63) is 76.3 Å². The summed E-state index contributed by atoms with van der Waals surface area (Å²) in [5, 5.41) is 10.7. The molecule has 3 rings (SSSR count). The van der Waals surface area contributed by atoms with Gasteiger partial charge in [-0.05, 0) is 47.2 Å². The lowest BCUT2D eigenvalue weighted by molar-refractivity contribution is 0.157. The quantitative estimate of drug-likeness (QED) is 0.863. The summed E-state index contributed by atoms with van der Waals surface area (Å²) in [5.74, 6) is 0. The van der Waals surface area contributed by atoms with Crippen LogP contribution in [0.4, 0.5) is 0 Å². The lowest BCUT2D eigenvalue weighted by Gasteiger charge is -2.29. The predicted molar refractivity (Wildman–Crippen MR) is 79.2 cm³/mol. The minimum absolute atomic E-state index is 0.300. The molecule has 0 amide bonds. The van der Waals surface area contributed by atoms with Crippen molar-refractivity contribution < 1.29 is 5.11 Å². The van der Waals surface area contributed by atoms with Gasteiger partial charge in [0.15, 0.2) is 0 Å². The zero-order valence-electron chi connectivity index (χ0n) is 10.5. The van der Waals surface area contributed by atoms with Gasteiger partial charge >= 0.3 is 0 Å². The molecule has 1 aliphatic carbocycles. The van der Waals surface area contributed by atoms with Crippen LogP contribution in [0.5, 0.6) is 0 Å². The summed E-state index contributed by atoms with van der Waals surface area (Å²) in [5.41, 5.74) is 4.55. The second-order valence-corrected chi connectivity index (χ2v) is 5.26. The summed E-state index contributed by atoms with van der Waals surface area (Å²) < 4.78 is 0. The summed E-state index contributed by atoms with van der Waals surface area (Å²) in [6.45, 7) is 0. The molecule has 96 valence electrons. The van der Waals surface area contributed by atoms with Crippen molar-refractivity contribution in [2.24, 2.45) is 0 Å². The molecule has 0 aromatic heterocycles. The van der Waals surface area contributed by atoms with Crippen molar-refractivity contribution >= 4 is 17.2 Å². The molecule has 19 heavy (non-hydrogen) atoms. The fourth-order valence-corrected chi connectivity index (χ4v) is 2.59. The lowest BCUT2D eigenvalue weighted by Crippen LogP contribution is -2.23. The van der Waals surface area contributed by atoms with Crippen LogP contribution in [-0.4, -0.2) is 11.2 Å². The molecule has 2 aromatic rings. The van der Waals surface area contributed by atoms with Crippen molar-refractivity contribution in [3.8, 4) is 0 Å². The second-order valence-electron chi connectivity index (χ2n) is 4.83. The Bertz CT molecular complexity index is 599. The van der Waals surface area contributed by atoms with Gasteiger partial charge in [-0.2, -0.15) is 0 Å². The Morgan fingerprint density at radius 2 is 1.58 bits per heavy atom. The van der Waals surface area contributed by atoms with E-state index < -0.39 is 0 Å². The van der Waals surface area contributed by atoms with E-state index in [1.807, 2.05) is 42.5 Å². The van der Waals surface area contributed by atoms with E-state index in [-0.39, 0.29) is 6.10 Å². The number of aliphatic hydroxyl groups excluding tert-OH is 1. The molecule has 0 saturated heterocycles. The van der Waals surface area contributed by atoms with Gasteiger partial charge in [0.1, 0.15) is 0 Å². The van der Waals surface area contributed by atoms with Gasteiger partial charge in [-0.15, -0.1) is 0 Å². The maximum Gasteiger partial charge on any atom is 0.0762 e. The third-order valence-corrected chi connectivity index (χ3v) is 3.86. The van der Waals surface area contributed by atoms with Crippen LogP contribution < -0.4 is 0 Å². The van der Waals surface area contributed by atoms with Gasteiger partial charge in [-0.1, -0.05) is 54.1 Å². The number of halogens is 1. The largest absolute Gasteiger partial charge is 0.389 e. The maximum absolute atomic E-state index is 9.97. The first-order chi connectivity index (χ1) is 9.25. The minimum atomic E-state index is -0.300. The zero-order valence-corrected chi connectivity index (χ0v) is 11.3.